The normalized spacial score (nSPS) is 15.6. The maximum Gasteiger partial charge on any atom is 0.270 e. The Kier molecular flexibility index (Phi) is 5.18. The van der Waals surface area contributed by atoms with Crippen molar-refractivity contribution in [3.05, 3.63) is 70.5 Å². The van der Waals surface area contributed by atoms with Crippen molar-refractivity contribution in [3.63, 3.8) is 0 Å². The van der Waals surface area contributed by atoms with Crippen LogP contribution in [0.1, 0.15) is 5.76 Å². The summed E-state index contributed by atoms with van der Waals surface area (Å²) < 4.78 is 6.15. The first-order valence-corrected chi connectivity index (χ1v) is 9.31. The fourth-order valence-electron chi connectivity index (χ4n) is 3.36. The van der Waals surface area contributed by atoms with E-state index in [0.29, 0.717) is 23.7 Å². The third-order valence-corrected chi connectivity index (χ3v) is 5.01. The van der Waals surface area contributed by atoms with Crippen LogP contribution in [0.2, 0.25) is 0 Å². The first-order chi connectivity index (χ1) is 13.6. The summed E-state index contributed by atoms with van der Waals surface area (Å²) in [4.78, 5) is 20.1. The molecule has 7 nitrogen and oxygen atoms in total. The second-order valence-electron chi connectivity index (χ2n) is 7.04. The molecular formula is C21H22N4O3. The minimum atomic E-state index is -0.387. The predicted octanol–water partition coefficient (Wildman–Crippen LogP) is 3.66. The lowest BCUT2D eigenvalue weighted by molar-refractivity contribution is -0.384. The SMILES string of the molecule is CN1CCN(Cc2oc(-c3ccccc3)nc2-c2cccc([N+](=O)[O-])c2)CC1. The van der Waals surface area contributed by atoms with E-state index in [1.54, 1.807) is 12.1 Å². The Hall–Kier alpha value is -3.03. The fraction of sp³-hybridized carbons (Fsp3) is 0.286. The van der Waals surface area contributed by atoms with Crippen molar-refractivity contribution in [2.24, 2.45) is 0 Å². The average molecular weight is 378 g/mol. The van der Waals surface area contributed by atoms with E-state index in [4.69, 9.17) is 9.40 Å². The highest BCUT2D eigenvalue weighted by Crippen LogP contribution is 2.31. The number of oxazole rings is 1. The van der Waals surface area contributed by atoms with Gasteiger partial charge in [-0.25, -0.2) is 4.98 Å². The summed E-state index contributed by atoms with van der Waals surface area (Å²) in [6.07, 6.45) is 0. The molecule has 0 unspecified atom stereocenters. The molecule has 0 spiro atoms. The zero-order valence-corrected chi connectivity index (χ0v) is 15.7. The van der Waals surface area contributed by atoms with Gasteiger partial charge in [-0.3, -0.25) is 15.0 Å². The summed E-state index contributed by atoms with van der Waals surface area (Å²) >= 11 is 0. The number of nitro groups is 1. The lowest BCUT2D eigenvalue weighted by Crippen LogP contribution is -2.43. The van der Waals surface area contributed by atoms with Crippen LogP contribution in [0, 0.1) is 10.1 Å². The smallest absolute Gasteiger partial charge is 0.270 e. The average Bonchev–Trinajstić information content (AvgIpc) is 3.14. The third kappa shape index (κ3) is 3.95. The molecule has 144 valence electrons. The minimum Gasteiger partial charge on any atom is -0.439 e. The van der Waals surface area contributed by atoms with Crippen LogP contribution in [-0.4, -0.2) is 52.9 Å². The lowest BCUT2D eigenvalue weighted by Gasteiger charge is -2.31. The van der Waals surface area contributed by atoms with Crippen LogP contribution in [0.5, 0.6) is 0 Å². The Morgan fingerprint density at radius 1 is 1.04 bits per heavy atom. The Labute approximate surface area is 163 Å². The second kappa shape index (κ2) is 7.92. The summed E-state index contributed by atoms with van der Waals surface area (Å²) in [6, 6.07) is 16.3. The van der Waals surface area contributed by atoms with E-state index in [1.807, 2.05) is 36.4 Å². The number of nitrogens with zero attached hydrogens (tertiary/aromatic N) is 4. The zero-order chi connectivity index (χ0) is 19.5. The van der Waals surface area contributed by atoms with E-state index in [1.165, 1.54) is 6.07 Å². The number of piperazine rings is 1. The third-order valence-electron chi connectivity index (χ3n) is 5.01. The Bertz CT molecular complexity index is 963. The van der Waals surface area contributed by atoms with Crippen molar-refractivity contribution in [2.45, 2.75) is 6.54 Å². The monoisotopic (exact) mass is 378 g/mol. The molecule has 28 heavy (non-hydrogen) atoms. The van der Waals surface area contributed by atoms with Gasteiger partial charge in [-0.1, -0.05) is 30.3 Å². The molecule has 0 aliphatic carbocycles. The molecule has 0 bridgehead atoms. The van der Waals surface area contributed by atoms with E-state index < -0.39 is 0 Å². The second-order valence-corrected chi connectivity index (χ2v) is 7.04. The molecular weight excluding hydrogens is 356 g/mol. The summed E-state index contributed by atoms with van der Waals surface area (Å²) in [5.74, 6) is 1.27. The first-order valence-electron chi connectivity index (χ1n) is 9.31. The number of rotatable bonds is 5. The zero-order valence-electron chi connectivity index (χ0n) is 15.7. The van der Waals surface area contributed by atoms with Crippen molar-refractivity contribution >= 4 is 5.69 Å². The van der Waals surface area contributed by atoms with Crippen molar-refractivity contribution in [2.75, 3.05) is 33.2 Å². The number of benzene rings is 2. The Morgan fingerprint density at radius 2 is 1.75 bits per heavy atom. The molecule has 0 amide bonds. The van der Waals surface area contributed by atoms with Crippen LogP contribution in [0.25, 0.3) is 22.7 Å². The van der Waals surface area contributed by atoms with Crippen LogP contribution in [0.4, 0.5) is 5.69 Å². The molecule has 1 aliphatic heterocycles. The highest BCUT2D eigenvalue weighted by molar-refractivity contribution is 5.67. The summed E-state index contributed by atoms with van der Waals surface area (Å²) in [6.45, 7) is 4.54. The minimum absolute atomic E-state index is 0.0484. The number of hydrogen-bond donors (Lipinski definition) is 0. The predicted molar refractivity (Wildman–Crippen MR) is 107 cm³/mol. The highest BCUT2D eigenvalue weighted by atomic mass is 16.6. The molecule has 1 aromatic heterocycles. The summed E-state index contributed by atoms with van der Waals surface area (Å²) in [5.41, 5.74) is 2.30. The largest absolute Gasteiger partial charge is 0.439 e. The van der Waals surface area contributed by atoms with Gasteiger partial charge in [0.15, 0.2) is 0 Å². The van der Waals surface area contributed by atoms with E-state index in [2.05, 4.69) is 16.8 Å². The van der Waals surface area contributed by atoms with Gasteiger partial charge in [-0.2, -0.15) is 0 Å². The van der Waals surface area contributed by atoms with Gasteiger partial charge < -0.3 is 9.32 Å². The van der Waals surface area contributed by atoms with Crippen LogP contribution >= 0.6 is 0 Å². The number of aromatic nitrogens is 1. The number of nitro benzene ring substituents is 1. The molecule has 1 saturated heterocycles. The van der Waals surface area contributed by atoms with Gasteiger partial charge >= 0.3 is 0 Å². The number of likely N-dealkylation sites (N-methyl/N-ethyl adjacent to an activating group) is 1. The van der Waals surface area contributed by atoms with Gasteiger partial charge in [0, 0.05) is 49.4 Å². The van der Waals surface area contributed by atoms with Crippen molar-refractivity contribution < 1.29 is 9.34 Å². The highest BCUT2D eigenvalue weighted by Gasteiger charge is 2.22. The fourth-order valence-corrected chi connectivity index (χ4v) is 3.36. The van der Waals surface area contributed by atoms with Crippen molar-refractivity contribution in [1.29, 1.82) is 0 Å². The van der Waals surface area contributed by atoms with Crippen molar-refractivity contribution in [3.8, 4) is 22.7 Å². The number of non-ortho nitro benzene ring substituents is 1. The maximum atomic E-state index is 11.2. The molecule has 3 aromatic rings. The van der Waals surface area contributed by atoms with Crippen LogP contribution < -0.4 is 0 Å². The lowest BCUT2D eigenvalue weighted by atomic mass is 10.1. The van der Waals surface area contributed by atoms with Gasteiger partial charge in [0.25, 0.3) is 5.69 Å². The van der Waals surface area contributed by atoms with E-state index in [0.717, 1.165) is 37.5 Å². The van der Waals surface area contributed by atoms with E-state index in [9.17, 15) is 10.1 Å². The Balaban J connectivity index is 1.72. The molecule has 1 fully saturated rings. The first kappa shape index (κ1) is 18.3. The van der Waals surface area contributed by atoms with Crippen LogP contribution in [0.15, 0.2) is 59.0 Å². The van der Waals surface area contributed by atoms with Gasteiger partial charge in [0.2, 0.25) is 5.89 Å². The summed E-state index contributed by atoms with van der Waals surface area (Å²) in [7, 11) is 2.12. The molecule has 2 heterocycles. The quantitative estimate of drug-likeness (QED) is 0.498. The van der Waals surface area contributed by atoms with Gasteiger partial charge in [0.1, 0.15) is 11.5 Å². The molecule has 0 saturated carbocycles. The van der Waals surface area contributed by atoms with Gasteiger partial charge in [0.05, 0.1) is 11.5 Å². The van der Waals surface area contributed by atoms with Crippen molar-refractivity contribution in [1.82, 2.24) is 14.8 Å². The molecule has 0 N–H and O–H groups in total. The molecule has 2 aromatic carbocycles. The maximum absolute atomic E-state index is 11.2. The molecule has 4 rings (SSSR count). The molecule has 0 atom stereocenters. The molecule has 0 radical (unpaired) electrons. The summed E-state index contributed by atoms with van der Waals surface area (Å²) in [5, 5.41) is 11.2. The standard InChI is InChI=1S/C21H22N4O3/c1-23-10-12-24(13-11-23)15-19-20(17-8-5-9-18(14-17)25(26)27)22-21(28-19)16-6-3-2-4-7-16/h2-9,14H,10-13,15H2,1H3. The topological polar surface area (TPSA) is 75.7 Å². The van der Waals surface area contributed by atoms with E-state index in [-0.39, 0.29) is 10.6 Å². The molecule has 7 heteroatoms. The van der Waals surface area contributed by atoms with E-state index >= 15 is 0 Å². The van der Waals surface area contributed by atoms with Gasteiger partial charge in [-0.05, 0) is 19.2 Å². The Morgan fingerprint density at radius 3 is 2.46 bits per heavy atom. The van der Waals surface area contributed by atoms with Gasteiger partial charge in [-0.15, -0.1) is 0 Å². The van der Waals surface area contributed by atoms with Crippen LogP contribution in [-0.2, 0) is 6.54 Å². The number of hydrogen-bond acceptors (Lipinski definition) is 6. The van der Waals surface area contributed by atoms with Crippen LogP contribution in [0.3, 0.4) is 0 Å². The molecule has 1 aliphatic rings.